The van der Waals surface area contributed by atoms with E-state index in [0.717, 1.165) is 47.5 Å². The van der Waals surface area contributed by atoms with E-state index >= 15 is 0 Å². The van der Waals surface area contributed by atoms with Crippen LogP contribution in [0.4, 0.5) is 5.69 Å². The van der Waals surface area contributed by atoms with Gasteiger partial charge >= 0.3 is 0 Å². The van der Waals surface area contributed by atoms with Crippen molar-refractivity contribution in [3.05, 3.63) is 44.8 Å². The predicted molar refractivity (Wildman–Crippen MR) is 110 cm³/mol. The lowest BCUT2D eigenvalue weighted by molar-refractivity contribution is 0.185. The summed E-state index contributed by atoms with van der Waals surface area (Å²) in [6.45, 7) is 11.5. The van der Waals surface area contributed by atoms with Gasteiger partial charge in [0.25, 0.3) is 0 Å². The standard InChI is InChI=1S/C21H28BrN3O/c1-6-16(7-2)26-21-20-19(24-14(5)25-21)17(8-9-23-20)18-12(3)10-15(22)11-13(18)4/h10-11,16-17,23H,6-9H2,1-5H3. The molecule has 140 valence electrons. The Kier molecular flexibility index (Phi) is 5.86. The van der Waals surface area contributed by atoms with E-state index in [2.05, 4.69) is 66.1 Å². The number of halogens is 1. The highest BCUT2D eigenvalue weighted by molar-refractivity contribution is 9.10. The van der Waals surface area contributed by atoms with Crippen molar-refractivity contribution in [2.45, 2.75) is 65.9 Å². The zero-order chi connectivity index (χ0) is 18.8. The molecule has 2 heterocycles. The first kappa shape index (κ1) is 19.2. The molecule has 0 amide bonds. The number of rotatable bonds is 5. The molecule has 0 saturated heterocycles. The van der Waals surface area contributed by atoms with Gasteiger partial charge in [-0.15, -0.1) is 0 Å². The van der Waals surface area contributed by atoms with E-state index in [0.29, 0.717) is 5.88 Å². The number of hydrogen-bond donors (Lipinski definition) is 1. The zero-order valence-electron chi connectivity index (χ0n) is 16.3. The van der Waals surface area contributed by atoms with E-state index in [-0.39, 0.29) is 12.0 Å². The normalized spacial score (nSPS) is 16.3. The molecule has 0 fully saturated rings. The van der Waals surface area contributed by atoms with Crippen LogP contribution in [-0.4, -0.2) is 22.6 Å². The highest BCUT2D eigenvalue weighted by Crippen LogP contribution is 2.42. The van der Waals surface area contributed by atoms with Crippen molar-refractivity contribution in [3.63, 3.8) is 0 Å². The van der Waals surface area contributed by atoms with Crippen LogP contribution in [0, 0.1) is 20.8 Å². The fourth-order valence-electron chi connectivity index (χ4n) is 3.92. The minimum Gasteiger partial charge on any atom is -0.473 e. The highest BCUT2D eigenvalue weighted by atomic mass is 79.9. The van der Waals surface area contributed by atoms with E-state index in [9.17, 15) is 0 Å². The average Bonchev–Trinajstić information content (AvgIpc) is 2.59. The molecule has 1 aromatic carbocycles. The van der Waals surface area contributed by atoms with Gasteiger partial charge in [-0.2, -0.15) is 4.98 Å². The molecule has 1 aliphatic heterocycles. The Balaban J connectivity index is 2.09. The first-order chi connectivity index (χ1) is 12.4. The van der Waals surface area contributed by atoms with E-state index in [1.165, 1.54) is 16.7 Å². The second-order valence-electron chi connectivity index (χ2n) is 7.11. The maximum Gasteiger partial charge on any atom is 0.241 e. The van der Waals surface area contributed by atoms with Gasteiger partial charge in [0.1, 0.15) is 17.6 Å². The summed E-state index contributed by atoms with van der Waals surface area (Å²) < 4.78 is 7.36. The fraction of sp³-hybridized carbons (Fsp3) is 0.524. The molecule has 1 N–H and O–H groups in total. The van der Waals surface area contributed by atoms with Gasteiger partial charge in [-0.3, -0.25) is 0 Å². The Labute approximate surface area is 164 Å². The summed E-state index contributed by atoms with van der Waals surface area (Å²) in [5, 5.41) is 3.50. The lowest BCUT2D eigenvalue weighted by atomic mass is 9.84. The number of nitrogens with one attached hydrogen (secondary N) is 1. The molecule has 0 spiro atoms. The second-order valence-corrected chi connectivity index (χ2v) is 8.03. The van der Waals surface area contributed by atoms with Crippen LogP contribution in [0.5, 0.6) is 5.88 Å². The number of anilines is 1. The molecule has 0 radical (unpaired) electrons. The number of ether oxygens (including phenoxy) is 1. The Morgan fingerprint density at radius 1 is 1.15 bits per heavy atom. The lowest BCUT2D eigenvalue weighted by Gasteiger charge is -2.30. The van der Waals surface area contributed by atoms with Gasteiger partial charge in [0, 0.05) is 16.9 Å². The number of fused-ring (bicyclic) bond motifs is 1. The summed E-state index contributed by atoms with van der Waals surface area (Å²) in [7, 11) is 0. The first-order valence-electron chi connectivity index (χ1n) is 9.50. The van der Waals surface area contributed by atoms with Crippen molar-refractivity contribution < 1.29 is 4.74 Å². The number of hydrogen-bond acceptors (Lipinski definition) is 4. The Morgan fingerprint density at radius 2 is 1.81 bits per heavy atom. The van der Waals surface area contributed by atoms with E-state index in [1.54, 1.807) is 0 Å². The zero-order valence-corrected chi connectivity index (χ0v) is 17.9. The Morgan fingerprint density at radius 3 is 2.42 bits per heavy atom. The van der Waals surface area contributed by atoms with Crippen LogP contribution in [0.1, 0.15) is 67.2 Å². The van der Waals surface area contributed by atoms with Gasteiger partial charge in [0.15, 0.2) is 0 Å². The fourth-order valence-corrected chi connectivity index (χ4v) is 4.60. The van der Waals surface area contributed by atoms with E-state index in [1.807, 2.05) is 6.92 Å². The molecule has 1 aromatic heterocycles. The summed E-state index contributed by atoms with van der Waals surface area (Å²) >= 11 is 3.61. The average molecular weight is 418 g/mol. The maximum atomic E-state index is 6.23. The van der Waals surface area contributed by atoms with Crippen molar-refractivity contribution in [2.24, 2.45) is 0 Å². The quantitative estimate of drug-likeness (QED) is 0.679. The number of aromatic nitrogens is 2. The molecule has 1 atom stereocenters. The third-order valence-electron chi connectivity index (χ3n) is 5.18. The summed E-state index contributed by atoms with van der Waals surface area (Å²) in [6, 6.07) is 4.39. The van der Waals surface area contributed by atoms with Crippen LogP contribution in [0.25, 0.3) is 0 Å². The van der Waals surface area contributed by atoms with Crippen LogP contribution in [0.3, 0.4) is 0 Å². The molecular formula is C21H28BrN3O. The third kappa shape index (κ3) is 3.73. The third-order valence-corrected chi connectivity index (χ3v) is 5.63. The summed E-state index contributed by atoms with van der Waals surface area (Å²) in [4.78, 5) is 9.44. The molecule has 0 aliphatic carbocycles. The van der Waals surface area contributed by atoms with Gasteiger partial charge in [0.05, 0.1) is 5.69 Å². The molecule has 4 nitrogen and oxygen atoms in total. The van der Waals surface area contributed by atoms with Crippen LogP contribution in [0.15, 0.2) is 16.6 Å². The van der Waals surface area contributed by atoms with Crippen molar-refractivity contribution in [2.75, 3.05) is 11.9 Å². The molecular weight excluding hydrogens is 390 g/mol. The van der Waals surface area contributed by atoms with Gasteiger partial charge in [0.2, 0.25) is 5.88 Å². The minimum atomic E-state index is 0.187. The van der Waals surface area contributed by atoms with Crippen LogP contribution in [-0.2, 0) is 0 Å². The van der Waals surface area contributed by atoms with Gasteiger partial charge in [-0.05, 0) is 68.9 Å². The first-order valence-corrected chi connectivity index (χ1v) is 10.3. The van der Waals surface area contributed by atoms with E-state index < -0.39 is 0 Å². The van der Waals surface area contributed by atoms with Crippen molar-refractivity contribution in [1.29, 1.82) is 0 Å². The van der Waals surface area contributed by atoms with Gasteiger partial charge < -0.3 is 10.1 Å². The number of nitrogens with zero attached hydrogens (tertiary/aromatic N) is 2. The molecule has 5 heteroatoms. The van der Waals surface area contributed by atoms with Crippen molar-refractivity contribution in [1.82, 2.24) is 9.97 Å². The number of benzene rings is 1. The van der Waals surface area contributed by atoms with E-state index in [4.69, 9.17) is 9.72 Å². The monoisotopic (exact) mass is 417 g/mol. The summed E-state index contributed by atoms with van der Waals surface area (Å²) in [6.07, 6.45) is 3.16. The second kappa shape index (κ2) is 7.95. The SMILES string of the molecule is CCC(CC)Oc1nc(C)nc2c1NCCC2c1c(C)cc(Br)cc1C. The maximum absolute atomic E-state index is 6.23. The highest BCUT2D eigenvalue weighted by Gasteiger charge is 2.30. The largest absolute Gasteiger partial charge is 0.473 e. The predicted octanol–water partition coefficient (Wildman–Crippen LogP) is 5.68. The van der Waals surface area contributed by atoms with Crippen molar-refractivity contribution in [3.8, 4) is 5.88 Å². The Hall–Kier alpha value is -1.62. The van der Waals surface area contributed by atoms with Crippen LogP contribution < -0.4 is 10.1 Å². The molecule has 1 aliphatic rings. The molecule has 0 saturated carbocycles. The van der Waals surface area contributed by atoms with Crippen molar-refractivity contribution >= 4 is 21.6 Å². The molecule has 2 aromatic rings. The van der Waals surface area contributed by atoms with Crippen LogP contribution >= 0.6 is 15.9 Å². The number of aryl methyl sites for hydroxylation is 3. The molecule has 0 bridgehead atoms. The molecule has 1 unspecified atom stereocenters. The van der Waals surface area contributed by atoms with Gasteiger partial charge in [-0.25, -0.2) is 4.98 Å². The molecule has 26 heavy (non-hydrogen) atoms. The summed E-state index contributed by atoms with van der Waals surface area (Å²) in [5.41, 5.74) is 6.02. The van der Waals surface area contributed by atoms with Crippen LogP contribution in [0.2, 0.25) is 0 Å². The Bertz CT molecular complexity index is 779. The lowest BCUT2D eigenvalue weighted by Crippen LogP contribution is -2.24. The topological polar surface area (TPSA) is 47.0 Å². The van der Waals surface area contributed by atoms with Gasteiger partial charge in [-0.1, -0.05) is 29.8 Å². The minimum absolute atomic E-state index is 0.187. The summed E-state index contributed by atoms with van der Waals surface area (Å²) in [5.74, 6) is 1.74. The smallest absolute Gasteiger partial charge is 0.241 e. The molecule has 3 rings (SSSR count).